The molecule has 2 nitrogen and oxygen atoms in total. The molecule has 2 unspecified atom stereocenters. The Hall–Kier alpha value is -0.0800. The molecule has 2 rings (SSSR count). The molecule has 0 amide bonds. The van der Waals surface area contributed by atoms with Crippen molar-refractivity contribution >= 4 is 0 Å². The summed E-state index contributed by atoms with van der Waals surface area (Å²) in [7, 11) is 0. The van der Waals surface area contributed by atoms with Gasteiger partial charge < -0.3 is 10.1 Å². The fourth-order valence-electron chi connectivity index (χ4n) is 3.65. The first-order valence-electron chi connectivity index (χ1n) is 7.93. The van der Waals surface area contributed by atoms with Gasteiger partial charge in [0, 0.05) is 18.6 Å². The van der Waals surface area contributed by atoms with Crippen molar-refractivity contribution < 1.29 is 4.74 Å². The summed E-state index contributed by atoms with van der Waals surface area (Å²) in [5, 5.41) is 3.83. The normalized spacial score (nSPS) is 30.5. The topological polar surface area (TPSA) is 21.3 Å². The van der Waals surface area contributed by atoms with Crippen LogP contribution in [-0.2, 0) is 4.74 Å². The van der Waals surface area contributed by atoms with E-state index < -0.39 is 0 Å². The SMILES string of the molecule is CCCNC(C1CCC(C)(C)CC1)C1CCOC1. The Morgan fingerprint density at radius 1 is 1.17 bits per heavy atom. The van der Waals surface area contributed by atoms with E-state index in [1.807, 2.05) is 0 Å². The molecule has 2 heteroatoms. The Morgan fingerprint density at radius 2 is 1.89 bits per heavy atom. The maximum atomic E-state index is 5.61. The quantitative estimate of drug-likeness (QED) is 0.808. The van der Waals surface area contributed by atoms with E-state index in [1.165, 1.54) is 45.1 Å². The first-order chi connectivity index (χ1) is 8.62. The third kappa shape index (κ3) is 3.71. The summed E-state index contributed by atoms with van der Waals surface area (Å²) in [6.07, 6.45) is 8.12. The summed E-state index contributed by atoms with van der Waals surface area (Å²) in [5.41, 5.74) is 0.581. The van der Waals surface area contributed by atoms with Crippen LogP contribution in [-0.4, -0.2) is 25.8 Å². The van der Waals surface area contributed by atoms with Crippen molar-refractivity contribution in [3.05, 3.63) is 0 Å². The number of hydrogen-bond donors (Lipinski definition) is 1. The second-order valence-electron chi connectivity index (χ2n) is 7.11. The Morgan fingerprint density at radius 3 is 2.44 bits per heavy atom. The molecule has 0 bridgehead atoms. The van der Waals surface area contributed by atoms with Crippen molar-refractivity contribution in [3.8, 4) is 0 Å². The minimum Gasteiger partial charge on any atom is -0.381 e. The predicted molar refractivity (Wildman–Crippen MR) is 76.7 cm³/mol. The van der Waals surface area contributed by atoms with Gasteiger partial charge in [-0.3, -0.25) is 0 Å². The molecule has 18 heavy (non-hydrogen) atoms. The van der Waals surface area contributed by atoms with Crippen LogP contribution >= 0.6 is 0 Å². The van der Waals surface area contributed by atoms with Gasteiger partial charge in [0.2, 0.25) is 0 Å². The zero-order chi connectivity index (χ0) is 13.0. The molecule has 2 fully saturated rings. The zero-order valence-corrected chi connectivity index (χ0v) is 12.5. The van der Waals surface area contributed by atoms with Crippen LogP contribution in [0.1, 0.15) is 59.3 Å². The lowest BCUT2D eigenvalue weighted by Crippen LogP contribution is -2.45. The fraction of sp³-hybridized carbons (Fsp3) is 1.00. The van der Waals surface area contributed by atoms with Crippen molar-refractivity contribution in [3.63, 3.8) is 0 Å². The largest absolute Gasteiger partial charge is 0.381 e. The van der Waals surface area contributed by atoms with Gasteiger partial charge in [-0.05, 0) is 56.4 Å². The third-order valence-electron chi connectivity index (χ3n) is 4.99. The highest BCUT2D eigenvalue weighted by Crippen LogP contribution is 2.41. The first kappa shape index (κ1) is 14.3. The number of hydrogen-bond acceptors (Lipinski definition) is 2. The van der Waals surface area contributed by atoms with Crippen molar-refractivity contribution in [1.29, 1.82) is 0 Å². The average Bonchev–Trinajstić information content (AvgIpc) is 2.85. The van der Waals surface area contributed by atoms with Crippen LogP contribution < -0.4 is 5.32 Å². The van der Waals surface area contributed by atoms with E-state index in [9.17, 15) is 0 Å². The van der Waals surface area contributed by atoms with E-state index in [0.29, 0.717) is 11.5 Å². The van der Waals surface area contributed by atoms with Crippen molar-refractivity contribution in [2.24, 2.45) is 17.3 Å². The minimum atomic E-state index is 0.581. The Kier molecular flexibility index (Phi) is 5.08. The summed E-state index contributed by atoms with van der Waals surface area (Å²) in [6, 6.07) is 0.712. The van der Waals surface area contributed by atoms with Crippen LogP contribution in [0.3, 0.4) is 0 Å². The monoisotopic (exact) mass is 253 g/mol. The molecular weight excluding hydrogens is 222 g/mol. The van der Waals surface area contributed by atoms with Gasteiger partial charge in [0.05, 0.1) is 6.61 Å². The molecule has 1 saturated carbocycles. The van der Waals surface area contributed by atoms with Gasteiger partial charge >= 0.3 is 0 Å². The predicted octanol–water partition coefficient (Wildman–Crippen LogP) is 3.61. The van der Waals surface area contributed by atoms with Crippen LogP contribution in [0.25, 0.3) is 0 Å². The van der Waals surface area contributed by atoms with Crippen LogP contribution in [0.15, 0.2) is 0 Å². The molecule has 2 atom stereocenters. The molecule has 1 N–H and O–H groups in total. The Balaban J connectivity index is 1.91. The number of nitrogens with one attached hydrogen (secondary N) is 1. The molecule has 2 aliphatic rings. The smallest absolute Gasteiger partial charge is 0.0510 e. The fourth-order valence-corrected chi connectivity index (χ4v) is 3.65. The van der Waals surface area contributed by atoms with Crippen molar-refractivity contribution in [1.82, 2.24) is 5.32 Å². The Bertz CT molecular complexity index is 235. The van der Waals surface area contributed by atoms with E-state index >= 15 is 0 Å². The molecule has 0 spiro atoms. The van der Waals surface area contributed by atoms with Crippen LogP contribution in [0.5, 0.6) is 0 Å². The van der Waals surface area contributed by atoms with Gasteiger partial charge in [0.15, 0.2) is 0 Å². The average molecular weight is 253 g/mol. The van der Waals surface area contributed by atoms with Gasteiger partial charge in [0.25, 0.3) is 0 Å². The van der Waals surface area contributed by atoms with Gasteiger partial charge in [0.1, 0.15) is 0 Å². The minimum absolute atomic E-state index is 0.581. The molecule has 1 aliphatic heterocycles. The first-order valence-corrected chi connectivity index (χ1v) is 7.93. The summed E-state index contributed by atoms with van der Waals surface area (Å²) in [6.45, 7) is 10.3. The van der Waals surface area contributed by atoms with E-state index in [-0.39, 0.29) is 0 Å². The van der Waals surface area contributed by atoms with Gasteiger partial charge in [-0.15, -0.1) is 0 Å². The summed E-state index contributed by atoms with van der Waals surface area (Å²) >= 11 is 0. The standard InChI is InChI=1S/C16H31NO/c1-4-10-17-15(14-7-11-18-12-14)13-5-8-16(2,3)9-6-13/h13-15,17H,4-12H2,1-3H3. The molecule has 1 heterocycles. The maximum Gasteiger partial charge on any atom is 0.0510 e. The van der Waals surface area contributed by atoms with Crippen LogP contribution in [0, 0.1) is 17.3 Å². The molecule has 106 valence electrons. The molecule has 0 aromatic carbocycles. The van der Waals surface area contributed by atoms with Crippen LogP contribution in [0.4, 0.5) is 0 Å². The van der Waals surface area contributed by atoms with Crippen LogP contribution in [0.2, 0.25) is 0 Å². The van der Waals surface area contributed by atoms with E-state index in [4.69, 9.17) is 4.74 Å². The van der Waals surface area contributed by atoms with E-state index in [0.717, 1.165) is 25.0 Å². The van der Waals surface area contributed by atoms with Gasteiger partial charge in [-0.1, -0.05) is 20.8 Å². The van der Waals surface area contributed by atoms with Gasteiger partial charge in [-0.25, -0.2) is 0 Å². The number of ether oxygens (including phenoxy) is 1. The van der Waals surface area contributed by atoms with Crippen molar-refractivity contribution in [2.45, 2.75) is 65.3 Å². The molecule has 0 aromatic heterocycles. The maximum absolute atomic E-state index is 5.61. The summed E-state index contributed by atoms with van der Waals surface area (Å²) in [5.74, 6) is 1.65. The zero-order valence-electron chi connectivity index (χ0n) is 12.5. The highest BCUT2D eigenvalue weighted by atomic mass is 16.5. The summed E-state index contributed by atoms with van der Waals surface area (Å²) in [4.78, 5) is 0. The van der Waals surface area contributed by atoms with E-state index in [2.05, 4.69) is 26.1 Å². The second-order valence-corrected chi connectivity index (χ2v) is 7.11. The molecular formula is C16H31NO. The number of rotatable bonds is 5. The second kappa shape index (κ2) is 6.38. The molecule has 0 aromatic rings. The lowest BCUT2D eigenvalue weighted by Gasteiger charge is -2.40. The molecule has 1 saturated heterocycles. The summed E-state index contributed by atoms with van der Waals surface area (Å²) < 4.78 is 5.61. The highest BCUT2D eigenvalue weighted by Gasteiger charge is 2.35. The lowest BCUT2D eigenvalue weighted by atomic mass is 9.69. The van der Waals surface area contributed by atoms with Gasteiger partial charge in [-0.2, -0.15) is 0 Å². The molecule has 1 aliphatic carbocycles. The Labute approximate surface area is 113 Å². The third-order valence-corrected chi connectivity index (χ3v) is 4.99. The molecule has 0 radical (unpaired) electrons. The van der Waals surface area contributed by atoms with Crippen molar-refractivity contribution in [2.75, 3.05) is 19.8 Å². The lowest BCUT2D eigenvalue weighted by molar-refractivity contribution is 0.121. The van der Waals surface area contributed by atoms with E-state index in [1.54, 1.807) is 0 Å². The highest BCUT2D eigenvalue weighted by molar-refractivity contribution is 4.90.